The number of hydrogen-bond acceptors (Lipinski definition) is 6. The molecule has 2 rings (SSSR count). The van der Waals surface area contributed by atoms with Gasteiger partial charge in [-0.15, -0.1) is 0 Å². The van der Waals surface area contributed by atoms with Crippen LogP contribution in [0.5, 0.6) is 0 Å². The highest BCUT2D eigenvalue weighted by molar-refractivity contribution is 6.08. The number of nitrogens with one attached hydrogen (secondary N) is 1. The molecule has 9 nitrogen and oxygen atoms in total. The van der Waals surface area contributed by atoms with Crippen molar-refractivity contribution in [2.45, 2.75) is 13.0 Å². The van der Waals surface area contributed by atoms with Gasteiger partial charge in [-0.2, -0.15) is 0 Å². The fraction of sp³-hybridized carbons (Fsp3) is 0.250. The van der Waals surface area contributed by atoms with E-state index in [-0.39, 0.29) is 17.8 Å². The minimum absolute atomic E-state index is 0.171. The molecule has 1 saturated heterocycles. The average Bonchev–Trinajstić information content (AvgIpc) is 2.41. The van der Waals surface area contributed by atoms with E-state index in [9.17, 15) is 24.5 Å². The quantitative estimate of drug-likeness (QED) is 0.331. The van der Waals surface area contributed by atoms with Gasteiger partial charge < -0.3 is 10.6 Å². The van der Waals surface area contributed by atoms with Crippen LogP contribution in [0.4, 0.5) is 11.4 Å². The molecule has 0 saturated carbocycles. The Morgan fingerprint density at radius 2 is 2.14 bits per heavy atom. The zero-order chi connectivity index (χ0) is 15.7. The van der Waals surface area contributed by atoms with Gasteiger partial charge in [0.1, 0.15) is 18.2 Å². The number of hydrogen-bond donors (Lipinski definition) is 2. The van der Waals surface area contributed by atoms with E-state index >= 15 is 0 Å². The monoisotopic (exact) mass is 292 g/mol. The van der Waals surface area contributed by atoms with Crippen molar-refractivity contribution in [2.24, 2.45) is 0 Å². The molecule has 1 aromatic rings. The lowest BCUT2D eigenvalue weighted by Gasteiger charge is -2.31. The van der Waals surface area contributed by atoms with E-state index in [1.165, 1.54) is 13.0 Å². The summed E-state index contributed by atoms with van der Waals surface area (Å²) in [5.41, 5.74) is 5.03. The number of carbonyl (C=O) groups is 3. The molecular formula is C12H12N4O5. The van der Waals surface area contributed by atoms with Crippen LogP contribution in [0.2, 0.25) is 0 Å². The van der Waals surface area contributed by atoms with E-state index < -0.39 is 34.4 Å². The second kappa shape index (κ2) is 5.19. The van der Waals surface area contributed by atoms with Gasteiger partial charge in [-0.05, 0) is 19.1 Å². The highest BCUT2D eigenvalue weighted by Gasteiger charge is 2.36. The summed E-state index contributed by atoms with van der Waals surface area (Å²) in [4.78, 5) is 46.6. The van der Waals surface area contributed by atoms with Crippen LogP contribution >= 0.6 is 0 Å². The zero-order valence-electron chi connectivity index (χ0n) is 11.0. The number of carbonyl (C=O) groups excluding carboxylic acids is 3. The Hall–Kier alpha value is -2.97. The third kappa shape index (κ3) is 2.66. The summed E-state index contributed by atoms with van der Waals surface area (Å²) in [6, 6.07) is 2.66. The van der Waals surface area contributed by atoms with Crippen molar-refractivity contribution in [1.29, 1.82) is 0 Å². The standard InChI is InChI=1S/C12H12N4O5/c1-6-11(18)14-10(17)5-15(6)12(19)8-4-7(13)2-3-9(8)16(20)21/h2-4,6H,5,13H2,1H3,(H,14,17,18). The number of nitrogen functional groups attached to an aromatic ring is 1. The topological polar surface area (TPSA) is 136 Å². The van der Waals surface area contributed by atoms with Gasteiger partial charge in [0.2, 0.25) is 11.8 Å². The number of nitro benzene ring substituents is 1. The van der Waals surface area contributed by atoms with E-state index in [4.69, 9.17) is 5.73 Å². The molecule has 1 fully saturated rings. The second-order valence-electron chi connectivity index (χ2n) is 4.56. The molecule has 0 bridgehead atoms. The summed E-state index contributed by atoms with van der Waals surface area (Å²) in [6.07, 6.45) is 0. The Morgan fingerprint density at radius 1 is 1.48 bits per heavy atom. The molecular weight excluding hydrogens is 280 g/mol. The third-order valence-corrected chi connectivity index (χ3v) is 3.13. The van der Waals surface area contributed by atoms with Gasteiger partial charge in [-0.3, -0.25) is 29.8 Å². The molecule has 0 aromatic heterocycles. The smallest absolute Gasteiger partial charge is 0.282 e. The number of nitrogens with zero attached hydrogens (tertiary/aromatic N) is 2. The minimum Gasteiger partial charge on any atom is -0.399 e. The first-order valence-electron chi connectivity index (χ1n) is 6.00. The Kier molecular flexibility index (Phi) is 3.57. The van der Waals surface area contributed by atoms with Crippen LogP contribution in [0.15, 0.2) is 18.2 Å². The van der Waals surface area contributed by atoms with Crippen molar-refractivity contribution in [2.75, 3.05) is 12.3 Å². The Morgan fingerprint density at radius 3 is 2.76 bits per heavy atom. The van der Waals surface area contributed by atoms with Crippen LogP contribution < -0.4 is 11.1 Å². The fourth-order valence-corrected chi connectivity index (χ4v) is 2.00. The lowest BCUT2D eigenvalue weighted by Crippen LogP contribution is -2.58. The summed E-state index contributed by atoms with van der Waals surface area (Å²) in [5, 5.41) is 13.1. The van der Waals surface area contributed by atoms with Gasteiger partial charge in [0.15, 0.2) is 0 Å². The van der Waals surface area contributed by atoms with Crippen LogP contribution in [0.3, 0.4) is 0 Å². The van der Waals surface area contributed by atoms with Gasteiger partial charge >= 0.3 is 0 Å². The number of benzene rings is 1. The van der Waals surface area contributed by atoms with E-state index in [2.05, 4.69) is 5.32 Å². The summed E-state index contributed by atoms with van der Waals surface area (Å²) in [6.45, 7) is 1.08. The molecule has 1 aliphatic heterocycles. The number of rotatable bonds is 2. The van der Waals surface area contributed by atoms with Gasteiger partial charge in [0.25, 0.3) is 11.6 Å². The normalized spacial score (nSPS) is 18.3. The molecule has 1 heterocycles. The molecule has 1 aliphatic rings. The van der Waals surface area contributed by atoms with E-state index in [1.54, 1.807) is 0 Å². The van der Waals surface area contributed by atoms with E-state index in [1.807, 2.05) is 0 Å². The molecule has 3 amide bonds. The van der Waals surface area contributed by atoms with Gasteiger partial charge in [0, 0.05) is 11.8 Å². The maximum atomic E-state index is 12.4. The summed E-state index contributed by atoms with van der Waals surface area (Å²) in [5.74, 6) is -2.06. The van der Waals surface area contributed by atoms with Crippen molar-refractivity contribution in [3.63, 3.8) is 0 Å². The van der Waals surface area contributed by atoms with Crippen LogP contribution in [-0.4, -0.2) is 40.1 Å². The van der Waals surface area contributed by atoms with Crippen molar-refractivity contribution in [1.82, 2.24) is 10.2 Å². The third-order valence-electron chi connectivity index (χ3n) is 3.13. The Balaban J connectivity index is 2.44. The number of anilines is 1. The SMILES string of the molecule is CC1C(=O)NC(=O)CN1C(=O)c1cc(N)ccc1[N+](=O)[O-]. The number of imide groups is 1. The Bertz CT molecular complexity index is 657. The van der Waals surface area contributed by atoms with Crippen molar-refractivity contribution >= 4 is 29.1 Å². The van der Waals surface area contributed by atoms with Gasteiger partial charge in [0.05, 0.1) is 4.92 Å². The molecule has 9 heteroatoms. The second-order valence-corrected chi connectivity index (χ2v) is 4.56. The number of nitro groups is 1. The molecule has 1 atom stereocenters. The van der Waals surface area contributed by atoms with Crippen molar-refractivity contribution < 1.29 is 19.3 Å². The first-order chi connectivity index (χ1) is 9.81. The van der Waals surface area contributed by atoms with Gasteiger partial charge in [-0.25, -0.2) is 0 Å². The number of piperazine rings is 1. The first kappa shape index (κ1) is 14.4. The van der Waals surface area contributed by atoms with E-state index in [0.29, 0.717) is 0 Å². The highest BCUT2D eigenvalue weighted by atomic mass is 16.6. The molecule has 21 heavy (non-hydrogen) atoms. The van der Waals surface area contributed by atoms with Crippen molar-refractivity contribution in [3.05, 3.63) is 33.9 Å². The zero-order valence-corrected chi connectivity index (χ0v) is 11.0. The maximum Gasteiger partial charge on any atom is 0.282 e. The fourth-order valence-electron chi connectivity index (χ4n) is 2.00. The summed E-state index contributed by atoms with van der Waals surface area (Å²) >= 11 is 0. The predicted molar refractivity (Wildman–Crippen MR) is 71.2 cm³/mol. The summed E-state index contributed by atoms with van der Waals surface area (Å²) < 4.78 is 0. The Labute approximate surface area is 118 Å². The minimum atomic E-state index is -0.906. The van der Waals surface area contributed by atoms with Crippen LogP contribution in [0, 0.1) is 10.1 Å². The maximum absolute atomic E-state index is 12.4. The van der Waals surface area contributed by atoms with Crippen LogP contribution in [0.25, 0.3) is 0 Å². The van der Waals surface area contributed by atoms with Crippen LogP contribution in [0.1, 0.15) is 17.3 Å². The average molecular weight is 292 g/mol. The molecule has 1 unspecified atom stereocenters. The lowest BCUT2D eigenvalue weighted by molar-refractivity contribution is -0.385. The van der Waals surface area contributed by atoms with Crippen molar-refractivity contribution in [3.8, 4) is 0 Å². The number of nitrogens with two attached hydrogens (primary N) is 1. The molecule has 0 spiro atoms. The van der Waals surface area contributed by atoms with E-state index in [0.717, 1.165) is 17.0 Å². The molecule has 3 N–H and O–H groups in total. The molecule has 0 aliphatic carbocycles. The predicted octanol–water partition coefficient (Wildman–Crippen LogP) is -0.336. The molecule has 110 valence electrons. The first-order valence-corrected chi connectivity index (χ1v) is 6.00. The van der Waals surface area contributed by atoms with Crippen LogP contribution in [-0.2, 0) is 9.59 Å². The molecule has 1 aromatic carbocycles. The molecule has 0 radical (unpaired) electrons. The highest BCUT2D eigenvalue weighted by Crippen LogP contribution is 2.24. The number of amides is 3. The lowest BCUT2D eigenvalue weighted by atomic mass is 10.1. The summed E-state index contributed by atoms with van der Waals surface area (Å²) in [7, 11) is 0. The largest absolute Gasteiger partial charge is 0.399 e. The van der Waals surface area contributed by atoms with Gasteiger partial charge in [-0.1, -0.05) is 0 Å².